The van der Waals surface area contributed by atoms with Crippen LogP contribution in [0.3, 0.4) is 0 Å². The Labute approximate surface area is 202 Å². The maximum atomic E-state index is 12.5. The van der Waals surface area contributed by atoms with Crippen molar-refractivity contribution < 1.29 is 4.79 Å². The molecule has 0 atom stereocenters. The lowest BCUT2D eigenvalue weighted by Gasteiger charge is -2.14. The molecule has 0 saturated carbocycles. The van der Waals surface area contributed by atoms with Crippen LogP contribution in [-0.4, -0.2) is 38.0 Å². The lowest BCUT2D eigenvalue weighted by molar-refractivity contribution is -0.118. The molecule has 4 rings (SSSR count). The molecular weight excluding hydrogens is 454 g/mol. The predicted molar refractivity (Wildman–Crippen MR) is 133 cm³/mol. The highest BCUT2D eigenvalue weighted by Crippen LogP contribution is 2.31. The minimum atomic E-state index is -0.0316. The van der Waals surface area contributed by atoms with Gasteiger partial charge in [0.2, 0.25) is 5.91 Å². The fourth-order valence-corrected chi connectivity index (χ4v) is 4.40. The van der Waals surface area contributed by atoms with Crippen LogP contribution in [0.15, 0.2) is 78.2 Å². The zero-order valence-electron chi connectivity index (χ0n) is 18.2. The second-order valence-corrected chi connectivity index (χ2v) is 8.84. The SMILES string of the molecule is Cc1c(Cl)cccc1-n1c(SCC(=O)NCCCc2ccccc2)nnc1-c1ccncc1. The average molecular weight is 478 g/mol. The molecule has 2 heterocycles. The topological polar surface area (TPSA) is 72.7 Å². The van der Waals surface area contributed by atoms with Crippen LogP contribution in [0.1, 0.15) is 17.5 Å². The third-order valence-electron chi connectivity index (χ3n) is 5.19. The molecule has 0 fully saturated rings. The molecular formula is C25H24ClN5OS. The maximum Gasteiger partial charge on any atom is 0.230 e. The number of amides is 1. The van der Waals surface area contributed by atoms with E-state index in [-0.39, 0.29) is 11.7 Å². The number of halogens is 1. The largest absolute Gasteiger partial charge is 0.355 e. The Morgan fingerprint density at radius 2 is 1.82 bits per heavy atom. The summed E-state index contributed by atoms with van der Waals surface area (Å²) in [5.74, 6) is 0.892. The number of benzene rings is 2. The number of hydrogen-bond acceptors (Lipinski definition) is 5. The number of thioether (sulfide) groups is 1. The minimum Gasteiger partial charge on any atom is -0.355 e. The first-order chi connectivity index (χ1) is 16.1. The fraction of sp³-hybridized carbons (Fsp3) is 0.200. The molecule has 1 amide bonds. The molecule has 6 nitrogen and oxygen atoms in total. The molecule has 1 N–H and O–H groups in total. The van der Waals surface area contributed by atoms with Gasteiger partial charge >= 0.3 is 0 Å². The smallest absolute Gasteiger partial charge is 0.230 e. The van der Waals surface area contributed by atoms with Crippen LogP contribution in [0.5, 0.6) is 0 Å². The van der Waals surface area contributed by atoms with Crippen molar-refractivity contribution in [2.24, 2.45) is 0 Å². The molecule has 0 aliphatic rings. The molecule has 4 aromatic rings. The van der Waals surface area contributed by atoms with Gasteiger partial charge in [0.15, 0.2) is 11.0 Å². The van der Waals surface area contributed by atoms with Crippen LogP contribution < -0.4 is 5.32 Å². The molecule has 0 radical (unpaired) electrons. The number of aryl methyl sites for hydroxylation is 1. The Balaban J connectivity index is 1.46. The van der Waals surface area contributed by atoms with Crippen molar-refractivity contribution in [3.05, 3.63) is 89.2 Å². The first-order valence-corrected chi connectivity index (χ1v) is 12.0. The number of nitrogens with one attached hydrogen (secondary N) is 1. The second kappa shape index (κ2) is 11.1. The van der Waals surface area contributed by atoms with Gasteiger partial charge in [0.05, 0.1) is 11.4 Å². The molecule has 8 heteroatoms. The summed E-state index contributed by atoms with van der Waals surface area (Å²) in [5, 5.41) is 13.1. The number of nitrogens with zero attached hydrogens (tertiary/aromatic N) is 4. The van der Waals surface area contributed by atoms with Gasteiger partial charge in [-0.1, -0.05) is 59.8 Å². The van der Waals surface area contributed by atoms with Gasteiger partial charge in [-0.3, -0.25) is 14.3 Å². The van der Waals surface area contributed by atoms with Gasteiger partial charge < -0.3 is 5.32 Å². The van der Waals surface area contributed by atoms with Crippen molar-refractivity contribution >= 4 is 29.3 Å². The Kier molecular flexibility index (Phi) is 7.75. The van der Waals surface area contributed by atoms with E-state index in [1.165, 1.54) is 17.3 Å². The highest BCUT2D eigenvalue weighted by atomic mass is 35.5. The van der Waals surface area contributed by atoms with Crippen molar-refractivity contribution in [2.45, 2.75) is 24.9 Å². The quantitative estimate of drug-likeness (QED) is 0.267. The van der Waals surface area contributed by atoms with Crippen molar-refractivity contribution in [3.63, 3.8) is 0 Å². The van der Waals surface area contributed by atoms with Gasteiger partial charge in [0.25, 0.3) is 0 Å². The van der Waals surface area contributed by atoms with E-state index in [9.17, 15) is 4.79 Å². The molecule has 0 bridgehead atoms. The summed E-state index contributed by atoms with van der Waals surface area (Å²) in [5.41, 5.74) is 3.95. The molecule has 0 unspecified atom stereocenters. The second-order valence-electron chi connectivity index (χ2n) is 7.49. The first kappa shape index (κ1) is 23.0. The molecule has 2 aromatic carbocycles. The van der Waals surface area contributed by atoms with E-state index in [1.807, 2.05) is 60.0 Å². The van der Waals surface area contributed by atoms with E-state index < -0.39 is 0 Å². The molecule has 0 spiro atoms. The average Bonchev–Trinajstić information content (AvgIpc) is 3.27. The van der Waals surface area contributed by atoms with Gasteiger partial charge in [0, 0.05) is 29.5 Å². The van der Waals surface area contributed by atoms with Gasteiger partial charge in [-0.15, -0.1) is 10.2 Å². The van der Waals surface area contributed by atoms with E-state index in [0.29, 0.717) is 22.5 Å². The first-order valence-electron chi connectivity index (χ1n) is 10.7. The van der Waals surface area contributed by atoms with Crippen LogP contribution in [-0.2, 0) is 11.2 Å². The maximum absolute atomic E-state index is 12.5. The van der Waals surface area contributed by atoms with Gasteiger partial charge in [-0.05, 0) is 55.2 Å². The van der Waals surface area contributed by atoms with Crippen LogP contribution in [0.2, 0.25) is 5.02 Å². The summed E-state index contributed by atoms with van der Waals surface area (Å²) >= 11 is 7.74. The van der Waals surface area contributed by atoms with Crippen molar-refractivity contribution in [3.8, 4) is 17.1 Å². The number of rotatable bonds is 9. The molecule has 0 aliphatic carbocycles. The van der Waals surface area contributed by atoms with Gasteiger partial charge in [0.1, 0.15) is 0 Å². The normalized spacial score (nSPS) is 10.8. The Morgan fingerprint density at radius 1 is 1.03 bits per heavy atom. The Bertz CT molecular complexity index is 1210. The monoisotopic (exact) mass is 477 g/mol. The van der Waals surface area contributed by atoms with E-state index >= 15 is 0 Å². The number of carbonyl (C=O) groups is 1. The molecule has 2 aromatic heterocycles. The summed E-state index contributed by atoms with van der Waals surface area (Å²) in [4.78, 5) is 16.5. The van der Waals surface area contributed by atoms with Crippen LogP contribution in [0.4, 0.5) is 0 Å². The van der Waals surface area contributed by atoms with Crippen LogP contribution in [0, 0.1) is 6.92 Å². The fourth-order valence-electron chi connectivity index (χ4n) is 3.45. The summed E-state index contributed by atoms with van der Waals surface area (Å²) in [6.07, 6.45) is 5.26. The van der Waals surface area contributed by atoms with Gasteiger partial charge in [-0.2, -0.15) is 0 Å². The third kappa shape index (κ3) is 5.80. The van der Waals surface area contributed by atoms with Crippen LogP contribution in [0.25, 0.3) is 17.1 Å². The van der Waals surface area contributed by atoms with E-state index in [1.54, 1.807) is 12.4 Å². The zero-order chi connectivity index (χ0) is 23.0. The highest BCUT2D eigenvalue weighted by molar-refractivity contribution is 7.99. The third-order valence-corrected chi connectivity index (χ3v) is 6.53. The number of carbonyl (C=O) groups excluding carboxylic acids is 1. The highest BCUT2D eigenvalue weighted by Gasteiger charge is 2.19. The molecule has 33 heavy (non-hydrogen) atoms. The summed E-state index contributed by atoms with van der Waals surface area (Å²) in [7, 11) is 0. The standard InChI is InChI=1S/C25H24ClN5OS/c1-18-21(26)10-5-11-22(18)31-24(20-12-15-27-16-13-20)29-30-25(31)33-17-23(32)28-14-6-9-19-7-3-2-4-8-19/h2-5,7-8,10-13,15-16H,6,9,14,17H2,1H3,(H,28,32). The minimum absolute atomic E-state index is 0.0316. The van der Waals surface area contributed by atoms with E-state index in [0.717, 1.165) is 29.7 Å². The lowest BCUT2D eigenvalue weighted by atomic mass is 10.1. The van der Waals surface area contributed by atoms with Crippen LogP contribution >= 0.6 is 23.4 Å². The van der Waals surface area contributed by atoms with Gasteiger partial charge in [-0.25, -0.2) is 0 Å². The molecule has 0 aliphatic heterocycles. The number of pyridine rings is 1. The van der Waals surface area contributed by atoms with Crippen molar-refractivity contribution in [1.82, 2.24) is 25.1 Å². The number of hydrogen-bond donors (Lipinski definition) is 1. The zero-order valence-corrected chi connectivity index (χ0v) is 19.8. The van der Waals surface area contributed by atoms with E-state index in [4.69, 9.17) is 11.6 Å². The molecule has 168 valence electrons. The summed E-state index contributed by atoms with van der Waals surface area (Å²) in [6.45, 7) is 2.60. The number of aromatic nitrogens is 4. The summed E-state index contributed by atoms with van der Waals surface area (Å²) < 4.78 is 1.95. The predicted octanol–water partition coefficient (Wildman–Crippen LogP) is 5.13. The van der Waals surface area contributed by atoms with Crippen molar-refractivity contribution in [1.29, 1.82) is 0 Å². The lowest BCUT2D eigenvalue weighted by Crippen LogP contribution is -2.26. The Hall–Kier alpha value is -3.16. The van der Waals surface area contributed by atoms with Crippen molar-refractivity contribution in [2.75, 3.05) is 12.3 Å². The van der Waals surface area contributed by atoms with E-state index in [2.05, 4.69) is 32.6 Å². The molecule has 0 saturated heterocycles. The summed E-state index contributed by atoms with van der Waals surface area (Å²) in [6, 6.07) is 19.8. The Morgan fingerprint density at radius 3 is 2.61 bits per heavy atom.